The Balaban J connectivity index is 2.00. The van der Waals surface area contributed by atoms with Crippen LogP contribution < -0.4 is 0 Å². The molecule has 0 atom stereocenters. The fourth-order valence-corrected chi connectivity index (χ4v) is 1.62. The smallest absolute Gasteiger partial charge is 0.303 e. The van der Waals surface area contributed by atoms with E-state index < -0.39 is 5.97 Å². The molecule has 0 unspecified atom stereocenters. The number of unbranched alkanes of at least 4 members (excludes halogenated alkanes) is 1. The molecule has 0 aromatic carbocycles. The summed E-state index contributed by atoms with van der Waals surface area (Å²) in [4.78, 5) is 12.6. The highest BCUT2D eigenvalue weighted by molar-refractivity contribution is 5.67. The summed E-state index contributed by atoms with van der Waals surface area (Å²) in [7, 11) is 0. The van der Waals surface area contributed by atoms with Crippen LogP contribution in [0.5, 0.6) is 0 Å². The molecule has 70 valence electrons. The molecule has 0 saturated carbocycles. The van der Waals surface area contributed by atoms with E-state index in [1.54, 1.807) is 0 Å². The maximum Gasteiger partial charge on any atom is 0.303 e. The Hall–Kier alpha value is -0.570. The van der Waals surface area contributed by atoms with E-state index in [4.69, 9.17) is 5.11 Å². The normalized spacial score (nSPS) is 19.1. The maximum atomic E-state index is 10.3. The Morgan fingerprint density at radius 3 is 2.75 bits per heavy atom. The summed E-state index contributed by atoms with van der Waals surface area (Å²) in [6, 6.07) is 0. The maximum absolute atomic E-state index is 10.3. The Bertz CT molecular complexity index is 153. The largest absolute Gasteiger partial charge is 0.481 e. The molecule has 0 aromatic rings. The van der Waals surface area contributed by atoms with E-state index in [-0.39, 0.29) is 0 Å². The second-order valence-electron chi connectivity index (χ2n) is 3.58. The van der Waals surface area contributed by atoms with Crippen molar-refractivity contribution in [1.82, 2.24) is 4.90 Å². The van der Waals surface area contributed by atoms with Crippen LogP contribution in [0.3, 0.4) is 0 Å². The van der Waals surface area contributed by atoms with Crippen LogP contribution in [0.15, 0.2) is 0 Å². The minimum absolute atomic E-state index is 0.350. The molecule has 1 heterocycles. The first kappa shape index (κ1) is 9.52. The molecule has 1 rings (SSSR count). The van der Waals surface area contributed by atoms with E-state index in [0.717, 1.165) is 19.6 Å². The second-order valence-corrected chi connectivity index (χ2v) is 3.58. The monoisotopic (exact) mass is 171 g/mol. The summed E-state index contributed by atoms with van der Waals surface area (Å²) in [5.74, 6) is -0.241. The van der Waals surface area contributed by atoms with Crippen LogP contribution in [0.1, 0.15) is 26.2 Å². The van der Waals surface area contributed by atoms with Crippen LogP contribution in [0.25, 0.3) is 0 Å². The van der Waals surface area contributed by atoms with Crippen molar-refractivity contribution >= 4 is 5.97 Å². The zero-order valence-electron chi connectivity index (χ0n) is 7.62. The highest BCUT2D eigenvalue weighted by atomic mass is 16.4. The van der Waals surface area contributed by atoms with Gasteiger partial charge in [-0.05, 0) is 18.9 Å². The van der Waals surface area contributed by atoms with Gasteiger partial charge in [0.1, 0.15) is 0 Å². The van der Waals surface area contributed by atoms with E-state index in [2.05, 4.69) is 11.8 Å². The second kappa shape index (κ2) is 4.45. The minimum Gasteiger partial charge on any atom is -0.481 e. The zero-order chi connectivity index (χ0) is 8.97. The predicted octanol–water partition coefficient (Wildman–Crippen LogP) is 1.19. The summed E-state index contributed by atoms with van der Waals surface area (Å²) in [5.41, 5.74) is 0. The van der Waals surface area contributed by atoms with Gasteiger partial charge in [-0.15, -0.1) is 0 Å². The molecule has 1 aliphatic rings. The van der Waals surface area contributed by atoms with Crippen molar-refractivity contribution in [3.05, 3.63) is 0 Å². The fourth-order valence-electron chi connectivity index (χ4n) is 1.62. The van der Waals surface area contributed by atoms with Gasteiger partial charge in [-0.25, -0.2) is 0 Å². The molecule has 0 aromatic heterocycles. The summed E-state index contributed by atoms with van der Waals surface area (Å²) < 4.78 is 0. The fraction of sp³-hybridized carbons (Fsp3) is 0.889. The highest BCUT2D eigenvalue weighted by Crippen LogP contribution is 2.18. The number of carbonyl (C=O) groups is 1. The Morgan fingerprint density at radius 2 is 2.25 bits per heavy atom. The summed E-state index contributed by atoms with van der Waals surface area (Å²) >= 11 is 0. The first-order valence-electron chi connectivity index (χ1n) is 4.66. The lowest BCUT2D eigenvalue weighted by Gasteiger charge is -2.38. The van der Waals surface area contributed by atoms with E-state index in [1.165, 1.54) is 12.8 Å². The van der Waals surface area contributed by atoms with Gasteiger partial charge < -0.3 is 10.0 Å². The number of rotatable bonds is 5. The van der Waals surface area contributed by atoms with Crippen molar-refractivity contribution in [3.63, 3.8) is 0 Å². The van der Waals surface area contributed by atoms with Gasteiger partial charge in [-0.1, -0.05) is 13.3 Å². The van der Waals surface area contributed by atoms with Crippen LogP contribution in [0.4, 0.5) is 0 Å². The number of carboxylic acids is 1. The molecule has 3 heteroatoms. The Labute approximate surface area is 73.4 Å². The van der Waals surface area contributed by atoms with E-state index >= 15 is 0 Å². The van der Waals surface area contributed by atoms with Gasteiger partial charge in [-0.3, -0.25) is 4.79 Å². The zero-order valence-corrected chi connectivity index (χ0v) is 7.62. The average Bonchev–Trinajstić information content (AvgIpc) is 1.93. The highest BCUT2D eigenvalue weighted by Gasteiger charge is 2.27. The molecule has 1 saturated heterocycles. The van der Waals surface area contributed by atoms with E-state index in [0.29, 0.717) is 12.3 Å². The number of nitrogens with zero attached hydrogens (tertiary/aromatic N) is 1. The van der Waals surface area contributed by atoms with Crippen LogP contribution in [0.2, 0.25) is 0 Å². The third-order valence-corrected chi connectivity index (χ3v) is 2.32. The predicted molar refractivity (Wildman–Crippen MR) is 47.1 cm³/mol. The third kappa shape index (κ3) is 2.81. The van der Waals surface area contributed by atoms with Crippen LogP contribution in [0, 0.1) is 5.92 Å². The molecular formula is C9H17NO2. The van der Waals surface area contributed by atoms with Crippen molar-refractivity contribution in [2.75, 3.05) is 19.6 Å². The SMILES string of the molecule is CCCCN1CC(CC(=O)O)C1. The molecule has 3 nitrogen and oxygen atoms in total. The van der Waals surface area contributed by atoms with E-state index in [1.807, 2.05) is 0 Å². The van der Waals surface area contributed by atoms with E-state index in [9.17, 15) is 4.79 Å². The number of likely N-dealkylation sites (tertiary alicyclic amines) is 1. The van der Waals surface area contributed by atoms with Gasteiger partial charge in [0, 0.05) is 13.1 Å². The van der Waals surface area contributed by atoms with Gasteiger partial charge in [0.05, 0.1) is 6.42 Å². The topological polar surface area (TPSA) is 40.5 Å². The molecule has 0 radical (unpaired) electrons. The van der Waals surface area contributed by atoms with Crippen LogP contribution in [-0.2, 0) is 4.79 Å². The number of hydrogen-bond acceptors (Lipinski definition) is 2. The lowest BCUT2D eigenvalue weighted by molar-refractivity contribution is -0.139. The molecule has 12 heavy (non-hydrogen) atoms. The number of hydrogen-bond donors (Lipinski definition) is 1. The van der Waals surface area contributed by atoms with Crippen molar-refractivity contribution in [1.29, 1.82) is 0 Å². The molecular weight excluding hydrogens is 154 g/mol. The Kier molecular flexibility index (Phi) is 3.53. The standard InChI is InChI=1S/C9H17NO2/c1-2-3-4-10-6-8(7-10)5-9(11)12/h8H,2-7H2,1H3,(H,11,12). The summed E-state index contributed by atoms with van der Waals surface area (Å²) in [6.07, 6.45) is 2.81. The van der Waals surface area contributed by atoms with Gasteiger partial charge in [0.15, 0.2) is 0 Å². The first-order valence-corrected chi connectivity index (χ1v) is 4.66. The number of aliphatic carboxylic acids is 1. The third-order valence-electron chi connectivity index (χ3n) is 2.32. The van der Waals surface area contributed by atoms with Gasteiger partial charge in [-0.2, -0.15) is 0 Å². The quantitative estimate of drug-likeness (QED) is 0.675. The van der Waals surface area contributed by atoms with Crippen LogP contribution >= 0.6 is 0 Å². The molecule has 1 aliphatic heterocycles. The van der Waals surface area contributed by atoms with Gasteiger partial charge in [0.2, 0.25) is 0 Å². The first-order chi connectivity index (χ1) is 5.72. The van der Waals surface area contributed by atoms with Gasteiger partial charge >= 0.3 is 5.97 Å². The van der Waals surface area contributed by atoms with Crippen molar-refractivity contribution in [2.45, 2.75) is 26.2 Å². The molecule has 1 fully saturated rings. The van der Waals surface area contributed by atoms with Crippen LogP contribution in [-0.4, -0.2) is 35.6 Å². The van der Waals surface area contributed by atoms with Gasteiger partial charge in [0.25, 0.3) is 0 Å². The van der Waals surface area contributed by atoms with Crippen molar-refractivity contribution in [2.24, 2.45) is 5.92 Å². The van der Waals surface area contributed by atoms with Crippen molar-refractivity contribution in [3.8, 4) is 0 Å². The molecule has 1 N–H and O–H groups in total. The summed E-state index contributed by atoms with van der Waals surface area (Å²) in [6.45, 7) is 5.31. The van der Waals surface area contributed by atoms with Crippen molar-refractivity contribution < 1.29 is 9.90 Å². The lowest BCUT2D eigenvalue weighted by Crippen LogP contribution is -2.47. The lowest BCUT2D eigenvalue weighted by atomic mass is 9.96. The molecule has 0 amide bonds. The molecule has 0 bridgehead atoms. The molecule has 0 spiro atoms. The number of carboxylic acid groups (broad SMARTS) is 1. The Morgan fingerprint density at radius 1 is 1.58 bits per heavy atom. The average molecular weight is 171 g/mol. The minimum atomic E-state index is -0.657. The summed E-state index contributed by atoms with van der Waals surface area (Å²) in [5, 5.41) is 8.49. The molecule has 0 aliphatic carbocycles.